The molecule has 0 heterocycles. The molecule has 1 N–H and O–H groups in total. The van der Waals surface area contributed by atoms with E-state index in [-0.39, 0.29) is 6.42 Å². The van der Waals surface area contributed by atoms with Crippen LogP contribution in [0.3, 0.4) is 0 Å². The van der Waals surface area contributed by atoms with Gasteiger partial charge >= 0.3 is 5.97 Å². The molecule has 0 unspecified atom stereocenters. The van der Waals surface area contributed by atoms with Gasteiger partial charge in [-0.2, -0.15) is 0 Å². The molecule has 0 radical (unpaired) electrons. The minimum absolute atomic E-state index is 0.0836. The highest BCUT2D eigenvalue weighted by Gasteiger charge is 2.14. The summed E-state index contributed by atoms with van der Waals surface area (Å²) in [6.07, 6.45) is 0.0836. The third kappa shape index (κ3) is 3.23. The molecule has 2 nitrogen and oxygen atoms in total. The van der Waals surface area contributed by atoms with Gasteiger partial charge in [-0.15, -0.1) is 0 Å². The van der Waals surface area contributed by atoms with Gasteiger partial charge in [0.1, 0.15) is 0 Å². The Hall–Kier alpha value is -1.74. The molecule has 0 spiro atoms. The normalized spacial score (nSPS) is 10.6. The molecule has 0 aliphatic carbocycles. The third-order valence-corrected chi connectivity index (χ3v) is 4.69. The number of hydrogen-bond acceptors (Lipinski definition) is 2. The average molecular weight is 286 g/mol. The van der Waals surface area contributed by atoms with Crippen molar-refractivity contribution in [2.75, 3.05) is 0 Å². The maximum absolute atomic E-state index is 11.0. The second-order valence-electron chi connectivity index (χ2n) is 4.93. The lowest BCUT2D eigenvalue weighted by Crippen LogP contribution is -2.06. The molecule has 0 saturated heterocycles. The molecule has 0 fully saturated rings. The summed E-state index contributed by atoms with van der Waals surface area (Å²) in [5, 5.41) is 9.06. The number of carbonyl (C=O) groups is 1. The van der Waals surface area contributed by atoms with Crippen LogP contribution in [0.15, 0.2) is 46.2 Å². The fraction of sp³-hybridized carbons (Fsp3) is 0.235. The van der Waals surface area contributed by atoms with Crippen molar-refractivity contribution in [3.05, 3.63) is 58.7 Å². The monoisotopic (exact) mass is 286 g/mol. The van der Waals surface area contributed by atoms with Gasteiger partial charge in [0.2, 0.25) is 0 Å². The molecule has 0 saturated carbocycles. The largest absolute Gasteiger partial charge is 0.481 e. The predicted molar refractivity (Wildman–Crippen MR) is 82.6 cm³/mol. The number of hydrogen-bond donors (Lipinski definition) is 1. The van der Waals surface area contributed by atoms with Gasteiger partial charge in [0.15, 0.2) is 0 Å². The summed E-state index contributed by atoms with van der Waals surface area (Å²) in [7, 11) is 0. The van der Waals surface area contributed by atoms with E-state index in [1.807, 2.05) is 32.0 Å². The Morgan fingerprint density at radius 1 is 1.10 bits per heavy atom. The predicted octanol–water partition coefficient (Wildman–Crippen LogP) is 4.39. The second-order valence-corrected chi connectivity index (χ2v) is 6.01. The van der Waals surface area contributed by atoms with E-state index in [9.17, 15) is 4.79 Å². The lowest BCUT2D eigenvalue weighted by atomic mass is 9.97. The zero-order chi connectivity index (χ0) is 14.7. The van der Waals surface area contributed by atoms with Crippen LogP contribution in [0.1, 0.15) is 22.3 Å². The van der Waals surface area contributed by atoms with Gasteiger partial charge in [-0.3, -0.25) is 4.79 Å². The molecule has 104 valence electrons. The second kappa shape index (κ2) is 6.14. The molecule has 0 amide bonds. The summed E-state index contributed by atoms with van der Waals surface area (Å²) in [5.41, 5.74) is 4.27. The van der Waals surface area contributed by atoms with Gasteiger partial charge in [0.25, 0.3) is 0 Å². The van der Waals surface area contributed by atoms with Crippen LogP contribution < -0.4 is 0 Å². The summed E-state index contributed by atoms with van der Waals surface area (Å²) < 4.78 is 0. The number of aryl methyl sites for hydroxylation is 2. The number of aliphatic carboxylic acids is 1. The van der Waals surface area contributed by atoms with Crippen molar-refractivity contribution < 1.29 is 9.90 Å². The van der Waals surface area contributed by atoms with Crippen LogP contribution in [0.5, 0.6) is 0 Å². The number of carboxylic acid groups (broad SMARTS) is 1. The van der Waals surface area contributed by atoms with Crippen LogP contribution in [0.2, 0.25) is 0 Å². The average Bonchev–Trinajstić information content (AvgIpc) is 2.40. The highest BCUT2D eigenvalue weighted by atomic mass is 32.2. The molecule has 2 aromatic carbocycles. The Labute approximate surface area is 123 Å². The molecule has 2 rings (SSSR count). The molecule has 0 aliphatic heterocycles. The molecular formula is C17H18O2S. The summed E-state index contributed by atoms with van der Waals surface area (Å²) >= 11 is 1.70. The van der Waals surface area contributed by atoms with Gasteiger partial charge in [-0.1, -0.05) is 36.0 Å². The van der Waals surface area contributed by atoms with E-state index >= 15 is 0 Å². The number of benzene rings is 2. The fourth-order valence-electron chi connectivity index (χ4n) is 2.39. The molecule has 3 heteroatoms. The van der Waals surface area contributed by atoms with Gasteiger partial charge < -0.3 is 5.11 Å². The van der Waals surface area contributed by atoms with Crippen molar-refractivity contribution in [1.29, 1.82) is 0 Å². The van der Waals surface area contributed by atoms with Crippen LogP contribution in [-0.4, -0.2) is 11.1 Å². The maximum Gasteiger partial charge on any atom is 0.307 e. The van der Waals surface area contributed by atoms with Gasteiger partial charge in [0.05, 0.1) is 6.42 Å². The summed E-state index contributed by atoms with van der Waals surface area (Å²) in [6.45, 7) is 6.08. The van der Waals surface area contributed by atoms with E-state index < -0.39 is 5.97 Å². The topological polar surface area (TPSA) is 37.3 Å². The van der Waals surface area contributed by atoms with Crippen LogP contribution in [0, 0.1) is 20.8 Å². The summed E-state index contributed by atoms with van der Waals surface area (Å²) in [6, 6.07) is 12.2. The number of carboxylic acids is 1. The Morgan fingerprint density at radius 3 is 2.35 bits per heavy atom. The molecular weight excluding hydrogens is 268 g/mol. The van der Waals surface area contributed by atoms with E-state index in [0.717, 1.165) is 21.6 Å². The highest BCUT2D eigenvalue weighted by molar-refractivity contribution is 7.99. The van der Waals surface area contributed by atoms with E-state index in [1.165, 1.54) is 10.5 Å². The first-order valence-corrected chi connectivity index (χ1v) is 7.35. The minimum atomic E-state index is -0.782. The molecule has 0 aromatic heterocycles. The third-order valence-electron chi connectivity index (χ3n) is 3.35. The zero-order valence-electron chi connectivity index (χ0n) is 11.9. The molecule has 20 heavy (non-hydrogen) atoms. The van der Waals surface area contributed by atoms with Crippen LogP contribution in [0.25, 0.3) is 0 Å². The van der Waals surface area contributed by atoms with Crippen molar-refractivity contribution >= 4 is 17.7 Å². The molecule has 0 aliphatic rings. The van der Waals surface area contributed by atoms with E-state index in [2.05, 4.69) is 25.1 Å². The molecule has 0 atom stereocenters. The van der Waals surface area contributed by atoms with Crippen LogP contribution in [0.4, 0.5) is 0 Å². The van der Waals surface area contributed by atoms with E-state index in [0.29, 0.717) is 0 Å². The first-order chi connectivity index (χ1) is 9.49. The van der Waals surface area contributed by atoms with Crippen molar-refractivity contribution in [2.24, 2.45) is 0 Å². The first-order valence-electron chi connectivity index (χ1n) is 6.53. The van der Waals surface area contributed by atoms with Gasteiger partial charge in [0, 0.05) is 9.79 Å². The quantitative estimate of drug-likeness (QED) is 0.905. The van der Waals surface area contributed by atoms with Crippen LogP contribution in [-0.2, 0) is 11.2 Å². The SMILES string of the molecule is Cc1cc(C)c(Sc2ccccc2)c(C)c1CC(=O)O. The zero-order valence-corrected chi connectivity index (χ0v) is 12.8. The Balaban J connectivity index is 2.45. The summed E-state index contributed by atoms with van der Waals surface area (Å²) in [4.78, 5) is 13.4. The number of rotatable bonds is 4. The lowest BCUT2D eigenvalue weighted by Gasteiger charge is -2.16. The summed E-state index contributed by atoms with van der Waals surface area (Å²) in [5.74, 6) is -0.782. The minimum Gasteiger partial charge on any atom is -0.481 e. The molecule has 2 aromatic rings. The van der Waals surface area contributed by atoms with Crippen molar-refractivity contribution in [2.45, 2.75) is 37.0 Å². The van der Waals surface area contributed by atoms with Crippen LogP contribution >= 0.6 is 11.8 Å². The van der Waals surface area contributed by atoms with Gasteiger partial charge in [-0.25, -0.2) is 0 Å². The standard InChI is InChI=1S/C17H18O2S/c1-11-9-12(2)17(13(3)15(11)10-16(18)19)20-14-7-5-4-6-8-14/h4-9H,10H2,1-3H3,(H,18,19). The van der Waals surface area contributed by atoms with Crippen molar-refractivity contribution in [3.63, 3.8) is 0 Å². The first kappa shape index (κ1) is 14.7. The Bertz CT molecular complexity index is 633. The van der Waals surface area contributed by atoms with E-state index in [1.54, 1.807) is 11.8 Å². The Kier molecular flexibility index (Phi) is 4.50. The maximum atomic E-state index is 11.0. The van der Waals surface area contributed by atoms with Crippen molar-refractivity contribution in [3.8, 4) is 0 Å². The smallest absolute Gasteiger partial charge is 0.307 e. The highest BCUT2D eigenvalue weighted by Crippen LogP contribution is 2.35. The van der Waals surface area contributed by atoms with Crippen molar-refractivity contribution in [1.82, 2.24) is 0 Å². The van der Waals surface area contributed by atoms with Gasteiger partial charge in [-0.05, 0) is 55.2 Å². The Morgan fingerprint density at radius 2 is 1.75 bits per heavy atom. The lowest BCUT2D eigenvalue weighted by molar-refractivity contribution is -0.136. The fourth-order valence-corrected chi connectivity index (χ4v) is 3.42. The molecule has 0 bridgehead atoms. The van der Waals surface area contributed by atoms with E-state index in [4.69, 9.17) is 5.11 Å².